The molecule has 0 radical (unpaired) electrons. The van der Waals surface area contributed by atoms with Crippen LogP contribution in [0.2, 0.25) is 6.82 Å². The summed E-state index contributed by atoms with van der Waals surface area (Å²) in [5, 5.41) is 0. The average Bonchev–Trinajstić information content (AvgIpc) is 2.52. The van der Waals surface area contributed by atoms with E-state index in [2.05, 4.69) is 67.5 Å². The van der Waals surface area contributed by atoms with Crippen molar-refractivity contribution < 1.29 is 0 Å². The zero-order chi connectivity index (χ0) is 13.8. The lowest BCUT2D eigenvalue weighted by atomic mass is 9.43. The minimum absolute atomic E-state index is 0.484. The monoisotopic (exact) mass is 240 g/mol. The van der Waals surface area contributed by atoms with Crippen molar-refractivity contribution in [2.75, 3.05) is 0 Å². The number of hydrogen-bond acceptors (Lipinski definition) is 0. The van der Waals surface area contributed by atoms with Crippen LogP contribution in [0.1, 0.15) is 27.7 Å². The molecule has 0 amide bonds. The molecular formula is C17H25B. The molecule has 0 atom stereocenters. The molecule has 0 aliphatic heterocycles. The van der Waals surface area contributed by atoms with Crippen molar-refractivity contribution in [3.63, 3.8) is 0 Å². The quantitative estimate of drug-likeness (QED) is 0.696. The van der Waals surface area contributed by atoms with Crippen LogP contribution in [0.15, 0.2) is 60.7 Å². The number of rotatable bonds is 2. The normalized spacial score (nSPS) is 8.28. The summed E-state index contributed by atoms with van der Waals surface area (Å²) in [6.45, 7) is 10.7. The van der Waals surface area contributed by atoms with Gasteiger partial charge in [0.15, 0.2) is 0 Å². The van der Waals surface area contributed by atoms with Crippen molar-refractivity contribution in [1.82, 2.24) is 0 Å². The summed E-state index contributed by atoms with van der Waals surface area (Å²) in [6, 6.07) is 21.2. The van der Waals surface area contributed by atoms with E-state index in [-0.39, 0.29) is 0 Å². The third-order valence-electron chi connectivity index (χ3n) is 2.60. The first-order chi connectivity index (χ1) is 8.88. The Kier molecular flexibility index (Phi) is 9.76. The van der Waals surface area contributed by atoms with Crippen LogP contribution in [0.3, 0.4) is 0 Å². The minimum Gasteiger partial charge on any atom is -0.0774 e. The van der Waals surface area contributed by atoms with Gasteiger partial charge in [0.1, 0.15) is 0 Å². The van der Waals surface area contributed by atoms with Crippen molar-refractivity contribution in [2.24, 2.45) is 0 Å². The number of benzene rings is 2. The second-order valence-corrected chi connectivity index (χ2v) is 3.54. The summed E-state index contributed by atoms with van der Waals surface area (Å²) in [6.07, 6.45) is 0. The van der Waals surface area contributed by atoms with Gasteiger partial charge in [0, 0.05) is 0 Å². The lowest BCUT2D eigenvalue weighted by Gasteiger charge is -2.08. The Morgan fingerprint density at radius 3 is 1.11 bits per heavy atom. The van der Waals surface area contributed by atoms with E-state index in [4.69, 9.17) is 0 Å². The molecule has 2 rings (SSSR count). The summed E-state index contributed by atoms with van der Waals surface area (Å²) in [5.41, 5.74) is 2.75. The van der Waals surface area contributed by atoms with Crippen LogP contribution in [-0.4, -0.2) is 6.71 Å². The van der Waals surface area contributed by atoms with Crippen molar-refractivity contribution in [3.05, 3.63) is 60.7 Å². The Morgan fingerprint density at radius 2 is 0.833 bits per heavy atom. The molecule has 0 bridgehead atoms. The molecule has 0 heterocycles. The molecular weight excluding hydrogens is 215 g/mol. The molecule has 0 aromatic heterocycles. The number of hydrogen-bond donors (Lipinski definition) is 0. The highest BCUT2D eigenvalue weighted by molar-refractivity contribution is 6.84. The third-order valence-corrected chi connectivity index (χ3v) is 2.60. The van der Waals surface area contributed by atoms with E-state index in [0.717, 1.165) is 0 Å². The average molecular weight is 240 g/mol. The topological polar surface area (TPSA) is 0 Å². The molecule has 0 spiro atoms. The molecule has 2 aromatic carbocycles. The first kappa shape index (κ1) is 16.5. The summed E-state index contributed by atoms with van der Waals surface area (Å²) >= 11 is 0. The van der Waals surface area contributed by atoms with E-state index in [1.165, 1.54) is 10.9 Å². The summed E-state index contributed by atoms with van der Waals surface area (Å²) in [4.78, 5) is 0. The van der Waals surface area contributed by atoms with Gasteiger partial charge in [-0.05, 0) is 0 Å². The lowest BCUT2D eigenvalue weighted by molar-refractivity contribution is 1.50. The fourth-order valence-electron chi connectivity index (χ4n) is 1.68. The van der Waals surface area contributed by atoms with E-state index >= 15 is 0 Å². The zero-order valence-electron chi connectivity index (χ0n) is 12.4. The molecule has 96 valence electrons. The van der Waals surface area contributed by atoms with Crippen LogP contribution >= 0.6 is 0 Å². The minimum atomic E-state index is 0.484. The third kappa shape index (κ3) is 5.22. The van der Waals surface area contributed by atoms with Crippen LogP contribution in [0.25, 0.3) is 0 Å². The van der Waals surface area contributed by atoms with Gasteiger partial charge >= 0.3 is 0 Å². The van der Waals surface area contributed by atoms with Gasteiger partial charge in [-0.25, -0.2) is 0 Å². The standard InChI is InChI=1S/C13H13B.2C2H6/c1-14(12-8-4-2-5-9-12)13-10-6-3-7-11-13;2*1-2/h2-11H,1H3;2*1-2H3. The Hall–Kier alpha value is -1.50. The van der Waals surface area contributed by atoms with Gasteiger partial charge in [0.25, 0.3) is 0 Å². The SMILES string of the molecule is CB(c1ccccc1)c1ccccc1.CC.CC. The smallest absolute Gasteiger partial charge is 0.0774 e. The van der Waals surface area contributed by atoms with Crippen LogP contribution in [0, 0.1) is 0 Å². The Balaban J connectivity index is 0.000000659. The van der Waals surface area contributed by atoms with Gasteiger partial charge in [-0.15, -0.1) is 0 Å². The Bertz CT molecular complexity index is 341. The van der Waals surface area contributed by atoms with Crippen LogP contribution < -0.4 is 10.9 Å². The van der Waals surface area contributed by atoms with Gasteiger partial charge in [0.2, 0.25) is 6.71 Å². The van der Waals surface area contributed by atoms with Crippen molar-refractivity contribution in [3.8, 4) is 0 Å². The predicted molar refractivity (Wildman–Crippen MR) is 86.5 cm³/mol. The van der Waals surface area contributed by atoms with Gasteiger partial charge in [-0.1, -0.05) is 106 Å². The fourth-order valence-corrected chi connectivity index (χ4v) is 1.68. The second kappa shape index (κ2) is 10.6. The van der Waals surface area contributed by atoms with Crippen LogP contribution in [0.5, 0.6) is 0 Å². The molecule has 18 heavy (non-hydrogen) atoms. The molecule has 0 unspecified atom stereocenters. The summed E-state index contributed by atoms with van der Waals surface area (Å²) in [7, 11) is 0. The van der Waals surface area contributed by atoms with Crippen LogP contribution in [-0.2, 0) is 0 Å². The summed E-state index contributed by atoms with van der Waals surface area (Å²) in [5.74, 6) is 0. The molecule has 0 saturated carbocycles. The van der Waals surface area contributed by atoms with E-state index < -0.39 is 0 Å². The molecule has 0 aliphatic rings. The molecule has 1 heteroatoms. The largest absolute Gasteiger partial charge is 0.206 e. The van der Waals surface area contributed by atoms with Gasteiger partial charge in [0.05, 0.1) is 0 Å². The maximum absolute atomic E-state index is 2.24. The van der Waals surface area contributed by atoms with Crippen molar-refractivity contribution >= 4 is 17.6 Å². The maximum Gasteiger partial charge on any atom is 0.206 e. The molecule has 0 saturated heterocycles. The zero-order valence-corrected chi connectivity index (χ0v) is 12.4. The van der Waals surface area contributed by atoms with Crippen molar-refractivity contribution in [1.29, 1.82) is 0 Å². The molecule has 0 fully saturated rings. The molecule has 0 N–H and O–H groups in total. The molecule has 0 aliphatic carbocycles. The highest BCUT2D eigenvalue weighted by Crippen LogP contribution is 1.91. The molecule has 2 aromatic rings. The van der Waals surface area contributed by atoms with E-state index in [9.17, 15) is 0 Å². The van der Waals surface area contributed by atoms with E-state index in [0.29, 0.717) is 6.71 Å². The first-order valence-electron chi connectivity index (χ1n) is 6.98. The Labute approximate surface area is 113 Å². The van der Waals surface area contributed by atoms with E-state index in [1.54, 1.807) is 0 Å². The fraction of sp³-hybridized carbons (Fsp3) is 0.294. The van der Waals surface area contributed by atoms with Gasteiger partial charge in [-0.3, -0.25) is 0 Å². The predicted octanol–water partition coefficient (Wildman–Crippen LogP) is 3.98. The van der Waals surface area contributed by atoms with Gasteiger partial charge < -0.3 is 0 Å². The van der Waals surface area contributed by atoms with Crippen molar-refractivity contribution in [2.45, 2.75) is 34.5 Å². The van der Waals surface area contributed by atoms with Gasteiger partial charge in [-0.2, -0.15) is 0 Å². The highest BCUT2D eigenvalue weighted by Gasteiger charge is 2.10. The Morgan fingerprint density at radius 1 is 0.556 bits per heavy atom. The lowest BCUT2D eigenvalue weighted by Crippen LogP contribution is -2.38. The van der Waals surface area contributed by atoms with Crippen LogP contribution in [0.4, 0.5) is 0 Å². The second-order valence-electron chi connectivity index (χ2n) is 3.54. The first-order valence-corrected chi connectivity index (χ1v) is 6.98. The highest BCUT2D eigenvalue weighted by atomic mass is 13.9. The van der Waals surface area contributed by atoms with E-state index in [1.807, 2.05) is 27.7 Å². The molecule has 0 nitrogen and oxygen atoms in total. The summed E-state index contributed by atoms with van der Waals surface area (Å²) < 4.78 is 0. The maximum atomic E-state index is 2.24.